The molecule has 1 aromatic rings. The van der Waals surface area contributed by atoms with Crippen molar-refractivity contribution in [2.45, 2.75) is 25.8 Å². The van der Waals surface area contributed by atoms with Crippen molar-refractivity contribution in [2.24, 2.45) is 5.92 Å². The topological polar surface area (TPSA) is 53.4 Å². The van der Waals surface area contributed by atoms with Crippen LogP contribution in [0.4, 0.5) is 0 Å². The predicted molar refractivity (Wildman–Crippen MR) is 64.8 cm³/mol. The van der Waals surface area contributed by atoms with E-state index in [4.69, 9.17) is 0 Å². The van der Waals surface area contributed by atoms with E-state index in [0.717, 1.165) is 12.1 Å². The van der Waals surface area contributed by atoms with Crippen molar-refractivity contribution in [1.29, 1.82) is 0 Å². The van der Waals surface area contributed by atoms with Gasteiger partial charge in [0.05, 0.1) is 5.92 Å². The third-order valence-electron chi connectivity index (χ3n) is 3.51. The highest BCUT2D eigenvalue weighted by Crippen LogP contribution is 2.33. The highest BCUT2D eigenvalue weighted by atomic mass is 16.4. The maximum absolute atomic E-state index is 11.3. The molecule has 0 radical (unpaired) electrons. The monoisotopic (exact) mass is 234 g/mol. The molecular formula is C13H18N2O2. The van der Waals surface area contributed by atoms with E-state index in [9.17, 15) is 9.90 Å². The van der Waals surface area contributed by atoms with Crippen molar-refractivity contribution < 1.29 is 9.90 Å². The predicted octanol–water partition coefficient (Wildman–Crippen LogP) is 1.59. The fourth-order valence-corrected chi connectivity index (χ4v) is 2.44. The molecule has 1 fully saturated rings. The molecule has 2 rings (SSSR count). The van der Waals surface area contributed by atoms with Crippen LogP contribution in [-0.2, 0) is 4.79 Å². The van der Waals surface area contributed by atoms with E-state index in [0.29, 0.717) is 12.6 Å². The number of carbonyl (C=O) groups is 1. The molecule has 0 aromatic carbocycles. The molecule has 0 spiro atoms. The standard InChI is InChI=1S/C13H18N2O2/c1-9(2)15-7-11(12(8-15)13(16)17)10-4-3-5-14-6-10/h3-6,9,11-12H,7-8H2,1-2H3,(H,16,17)/t11-,12+/m1/s1. The molecule has 92 valence electrons. The third kappa shape index (κ3) is 2.47. The minimum atomic E-state index is -0.706. The molecule has 0 aliphatic carbocycles. The zero-order valence-corrected chi connectivity index (χ0v) is 10.2. The highest BCUT2D eigenvalue weighted by Gasteiger charge is 2.39. The van der Waals surface area contributed by atoms with Gasteiger partial charge in [0.15, 0.2) is 0 Å². The van der Waals surface area contributed by atoms with Crippen LogP contribution in [0.5, 0.6) is 0 Å². The molecule has 17 heavy (non-hydrogen) atoms. The molecule has 0 amide bonds. The zero-order chi connectivity index (χ0) is 12.4. The number of carboxylic acid groups (broad SMARTS) is 1. The maximum atomic E-state index is 11.3. The number of rotatable bonds is 3. The van der Waals surface area contributed by atoms with Crippen LogP contribution in [0.3, 0.4) is 0 Å². The van der Waals surface area contributed by atoms with Gasteiger partial charge in [-0.1, -0.05) is 6.07 Å². The number of carboxylic acids is 1. The van der Waals surface area contributed by atoms with Crippen LogP contribution < -0.4 is 0 Å². The van der Waals surface area contributed by atoms with Crippen molar-refractivity contribution in [2.75, 3.05) is 13.1 Å². The molecule has 2 heterocycles. The van der Waals surface area contributed by atoms with Crippen molar-refractivity contribution in [3.8, 4) is 0 Å². The fourth-order valence-electron chi connectivity index (χ4n) is 2.44. The first-order chi connectivity index (χ1) is 8.09. The van der Waals surface area contributed by atoms with E-state index in [1.54, 1.807) is 12.4 Å². The first-order valence-electron chi connectivity index (χ1n) is 5.96. The van der Waals surface area contributed by atoms with Crippen LogP contribution >= 0.6 is 0 Å². The number of hydrogen-bond donors (Lipinski definition) is 1. The third-order valence-corrected chi connectivity index (χ3v) is 3.51. The van der Waals surface area contributed by atoms with E-state index in [1.807, 2.05) is 12.1 Å². The van der Waals surface area contributed by atoms with Crippen LogP contribution in [0, 0.1) is 5.92 Å². The van der Waals surface area contributed by atoms with E-state index in [1.165, 1.54) is 0 Å². The lowest BCUT2D eigenvalue weighted by Gasteiger charge is -2.19. The molecule has 0 saturated carbocycles. The first kappa shape index (κ1) is 12.0. The van der Waals surface area contributed by atoms with Gasteiger partial charge < -0.3 is 5.11 Å². The highest BCUT2D eigenvalue weighted by molar-refractivity contribution is 5.72. The van der Waals surface area contributed by atoms with Crippen molar-refractivity contribution >= 4 is 5.97 Å². The van der Waals surface area contributed by atoms with Gasteiger partial charge in [-0.15, -0.1) is 0 Å². The summed E-state index contributed by atoms with van der Waals surface area (Å²) in [5.41, 5.74) is 1.03. The molecule has 4 nitrogen and oxygen atoms in total. The summed E-state index contributed by atoms with van der Waals surface area (Å²) in [6.07, 6.45) is 3.50. The largest absolute Gasteiger partial charge is 0.481 e. The van der Waals surface area contributed by atoms with Crippen LogP contribution in [0.2, 0.25) is 0 Å². The Bertz CT molecular complexity index is 392. The van der Waals surface area contributed by atoms with Gasteiger partial charge in [0, 0.05) is 37.4 Å². The lowest BCUT2D eigenvalue weighted by atomic mass is 9.90. The Morgan fingerprint density at radius 2 is 2.29 bits per heavy atom. The van der Waals surface area contributed by atoms with Gasteiger partial charge in [-0.25, -0.2) is 0 Å². The summed E-state index contributed by atoms with van der Waals surface area (Å²) in [7, 11) is 0. The van der Waals surface area contributed by atoms with Gasteiger partial charge in [0.2, 0.25) is 0 Å². The van der Waals surface area contributed by atoms with Gasteiger partial charge in [0.1, 0.15) is 0 Å². The Morgan fingerprint density at radius 3 is 2.82 bits per heavy atom. The summed E-state index contributed by atoms with van der Waals surface area (Å²) >= 11 is 0. The van der Waals surface area contributed by atoms with Crippen molar-refractivity contribution in [3.63, 3.8) is 0 Å². The summed E-state index contributed by atoms with van der Waals surface area (Å²) in [5.74, 6) is -0.966. The first-order valence-corrected chi connectivity index (χ1v) is 5.96. The van der Waals surface area contributed by atoms with Crippen LogP contribution in [0.15, 0.2) is 24.5 Å². The van der Waals surface area contributed by atoms with E-state index >= 15 is 0 Å². The van der Waals surface area contributed by atoms with Crippen molar-refractivity contribution in [3.05, 3.63) is 30.1 Å². The summed E-state index contributed by atoms with van der Waals surface area (Å²) in [6, 6.07) is 4.22. The summed E-state index contributed by atoms with van der Waals surface area (Å²) in [5, 5.41) is 9.30. The van der Waals surface area contributed by atoms with Gasteiger partial charge in [0.25, 0.3) is 0 Å². The Labute approximate surface area is 101 Å². The molecule has 1 aliphatic rings. The minimum Gasteiger partial charge on any atom is -0.481 e. The average Bonchev–Trinajstić information content (AvgIpc) is 2.75. The number of nitrogens with zero attached hydrogens (tertiary/aromatic N) is 2. The Balaban J connectivity index is 2.23. The molecule has 1 saturated heterocycles. The number of hydrogen-bond acceptors (Lipinski definition) is 3. The van der Waals surface area contributed by atoms with Gasteiger partial charge in [-0.3, -0.25) is 14.7 Å². The van der Waals surface area contributed by atoms with E-state index in [-0.39, 0.29) is 11.8 Å². The lowest BCUT2D eigenvalue weighted by Crippen LogP contribution is -2.29. The van der Waals surface area contributed by atoms with E-state index in [2.05, 4.69) is 23.7 Å². The maximum Gasteiger partial charge on any atom is 0.308 e. The number of aromatic nitrogens is 1. The molecule has 0 unspecified atom stereocenters. The summed E-state index contributed by atoms with van der Waals surface area (Å²) < 4.78 is 0. The van der Waals surface area contributed by atoms with Gasteiger partial charge >= 0.3 is 5.97 Å². The molecule has 0 bridgehead atoms. The molecule has 1 N–H and O–H groups in total. The van der Waals surface area contributed by atoms with Crippen LogP contribution in [-0.4, -0.2) is 40.1 Å². The van der Waals surface area contributed by atoms with Crippen LogP contribution in [0.1, 0.15) is 25.3 Å². The van der Waals surface area contributed by atoms with Crippen LogP contribution in [0.25, 0.3) is 0 Å². The second-order valence-electron chi connectivity index (χ2n) is 4.89. The Morgan fingerprint density at radius 1 is 1.53 bits per heavy atom. The Kier molecular flexibility index (Phi) is 3.43. The molecule has 2 atom stereocenters. The fraction of sp³-hybridized carbons (Fsp3) is 0.538. The van der Waals surface area contributed by atoms with Gasteiger partial charge in [-0.05, 0) is 25.5 Å². The second kappa shape index (κ2) is 4.84. The second-order valence-corrected chi connectivity index (χ2v) is 4.89. The number of likely N-dealkylation sites (tertiary alicyclic amines) is 1. The quantitative estimate of drug-likeness (QED) is 0.863. The summed E-state index contributed by atoms with van der Waals surface area (Å²) in [4.78, 5) is 17.6. The van der Waals surface area contributed by atoms with Crippen molar-refractivity contribution in [1.82, 2.24) is 9.88 Å². The smallest absolute Gasteiger partial charge is 0.308 e. The summed E-state index contributed by atoms with van der Waals surface area (Å²) in [6.45, 7) is 5.64. The zero-order valence-electron chi connectivity index (χ0n) is 10.2. The minimum absolute atomic E-state index is 0.0589. The average molecular weight is 234 g/mol. The molecule has 1 aliphatic heterocycles. The Hall–Kier alpha value is -1.42. The number of aliphatic carboxylic acids is 1. The molecule has 1 aromatic heterocycles. The molecular weight excluding hydrogens is 216 g/mol. The normalized spacial score (nSPS) is 25.4. The number of pyridine rings is 1. The SMILES string of the molecule is CC(C)N1C[C@H](C(=O)O)[C@@H](c2cccnc2)C1. The van der Waals surface area contributed by atoms with E-state index < -0.39 is 5.97 Å². The van der Waals surface area contributed by atoms with Gasteiger partial charge in [-0.2, -0.15) is 0 Å². The molecule has 4 heteroatoms. The lowest BCUT2D eigenvalue weighted by molar-refractivity contribution is -0.141.